The van der Waals surface area contributed by atoms with Crippen molar-refractivity contribution >= 4 is 0 Å². The Hall–Kier alpha value is -2.21. The third-order valence-corrected chi connectivity index (χ3v) is 3.50. The van der Waals surface area contributed by atoms with Gasteiger partial charge in [0.25, 0.3) is 0 Å². The fraction of sp³-hybridized carbons (Fsp3) is 0.375. The van der Waals surface area contributed by atoms with Gasteiger partial charge in [-0.3, -0.25) is 0 Å². The van der Waals surface area contributed by atoms with Crippen molar-refractivity contribution in [1.82, 2.24) is 20.1 Å². The maximum absolute atomic E-state index is 13.1. The SMILES string of the molecule is Fc1cccc(Cn2cnc(CNCC3CCC=CO3)n2)c1. The van der Waals surface area contributed by atoms with Crippen LogP contribution in [-0.4, -0.2) is 27.4 Å². The molecule has 116 valence electrons. The Morgan fingerprint density at radius 1 is 1.41 bits per heavy atom. The molecule has 22 heavy (non-hydrogen) atoms. The van der Waals surface area contributed by atoms with Crippen molar-refractivity contribution in [3.05, 3.63) is 60.1 Å². The van der Waals surface area contributed by atoms with E-state index in [4.69, 9.17) is 4.74 Å². The lowest BCUT2D eigenvalue weighted by Gasteiger charge is -2.19. The van der Waals surface area contributed by atoms with Gasteiger partial charge in [-0.15, -0.1) is 0 Å². The highest BCUT2D eigenvalue weighted by atomic mass is 19.1. The van der Waals surface area contributed by atoms with Gasteiger partial charge in [-0.2, -0.15) is 5.10 Å². The summed E-state index contributed by atoms with van der Waals surface area (Å²) in [4.78, 5) is 4.26. The Morgan fingerprint density at radius 2 is 2.36 bits per heavy atom. The van der Waals surface area contributed by atoms with Gasteiger partial charge >= 0.3 is 0 Å². The van der Waals surface area contributed by atoms with Gasteiger partial charge in [-0.25, -0.2) is 14.1 Å². The molecule has 3 rings (SSSR count). The van der Waals surface area contributed by atoms with E-state index < -0.39 is 0 Å². The molecule has 0 saturated heterocycles. The van der Waals surface area contributed by atoms with Crippen LogP contribution >= 0.6 is 0 Å². The van der Waals surface area contributed by atoms with E-state index in [1.807, 2.05) is 12.1 Å². The first-order chi connectivity index (χ1) is 10.8. The summed E-state index contributed by atoms with van der Waals surface area (Å²) in [6, 6.07) is 6.51. The number of hydrogen-bond acceptors (Lipinski definition) is 4. The number of halogens is 1. The van der Waals surface area contributed by atoms with E-state index in [0.29, 0.717) is 13.1 Å². The summed E-state index contributed by atoms with van der Waals surface area (Å²) in [5.74, 6) is 0.490. The highest BCUT2D eigenvalue weighted by molar-refractivity contribution is 5.16. The fourth-order valence-corrected chi connectivity index (χ4v) is 2.39. The smallest absolute Gasteiger partial charge is 0.164 e. The standard InChI is InChI=1S/C16H19FN4O/c17-14-5-3-4-13(8-14)11-21-12-19-16(20-21)10-18-9-15-6-1-2-7-22-15/h2-5,7-8,12,15,18H,1,6,9-11H2. The number of hydrogen-bond donors (Lipinski definition) is 1. The Bertz CT molecular complexity index is 641. The molecule has 0 fully saturated rings. The molecule has 6 heteroatoms. The van der Waals surface area contributed by atoms with E-state index in [1.165, 1.54) is 12.1 Å². The van der Waals surface area contributed by atoms with Gasteiger partial charge in [0, 0.05) is 6.54 Å². The van der Waals surface area contributed by atoms with E-state index in [9.17, 15) is 4.39 Å². The second kappa shape index (κ2) is 7.17. The summed E-state index contributed by atoms with van der Waals surface area (Å²) in [6.45, 7) is 1.89. The lowest BCUT2D eigenvalue weighted by molar-refractivity contribution is 0.122. The van der Waals surface area contributed by atoms with E-state index >= 15 is 0 Å². The van der Waals surface area contributed by atoms with Crippen LogP contribution in [0.3, 0.4) is 0 Å². The molecule has 2 aromatic rings. The molecule has 0 amide bonds. The average molecular weight is 302 g/mol. The van der Waals surface area contributed by atoms with Crippen LogP contribution in [0, 0.1) is 5.82 Å². The number of aromatic nitrogens is 3. The lowest BCUT2D eigenvalue weighted by Crippen LogP contribution is -2.29. The molecule has 2 heterocycles. The van der Waals surface area contributed by atoms with Gasteiger partial charge < -0.3 is 10.1 Å². The molecule has 1 unspecified atom stereocenters. The second-order valence-corrected chi connectivity index (χ2v) is 5.33. The third-order valence-electron chi connectivity index (χ3n) is 3.50. The minimum Gasteiger partial charge on any atom is -0.497 e. The number of nitrogens with one attached hydrogen (secondary N) is 1. The number of benzene rings is 1. The quantitative estimate of drug-likeness (QED) is 0.889. The molecule has 1 aromatic carbocycles. The van der Waals surface area contributed by atoms with E-state index in [-0.39, 0.29) is 11.9 Å². The maximum Gasteiger partial charge on any atom is 0.164 e. The van der Waals surface area contributed by atoms with Gasteiger partial charge in [0.2, 0.25) is 0 Å². The zero-order valence-corrected chi connectivity index (χ0v) is 12.3. The molecule has 1 N–H and O–H groups in total. The molecule has 1 aliphatic rings. The van der Waals surface area contributed by atoms with Gasteiger partial charge in [0.15, 0.2) is 5.82 Å². The summed E-state index contributed by atoms with van der Waals surface area (Å²) in [5.41, 5.74) is 0.867. The van der Waals surface area contributed by atoms with Gasteiger partial charge in [0.05, 0.1) is 19.4 Å². The van der Waals surface area contributed by atoms with E-state index in [1.54, 1.807) is 23.3 Å². The van der Waals surface area contributed by atoms with E-state index in [0.717, 1.165) is 30.8 Å². The van der Waals surface area contributed by atoms with Gasteiger partial charge in [-0.1, -0.05) is 12.1 Å². The van der Waals surface area contributed by atoms with Crippen molar-refractivity contribution in [2.24, 2.45) is 0 Å². The Labute approximate surface area is 128 Å². The van der Waals surface area contributed by atoms with Crippen LogP contribution < -0.4 is 5.32 Å². The minimum atomic E-state index is -0.235. The van der Waals surface area contributed by atoms with Crippen LogP contribution in [-0.2, 0) is 17.8 Å². The molecule has 0 bridgehead atoms. The molecule has 1 atom stereocenters. The summed E-state index contributed by atoms with van der Waals surface area (Å²) in [7, 11) is 0. The number of allylic oxidation sites excluding steroid dienone is 1. The fourth-order valence-electron chi connectivity index (χ4n) is 2.39. The van der Waals surface area contributed by atoms with Crippen LogP contribution in [0.2, 0.25) is 0 Å². The van der Waals surface area contributed by atoms with Crippen LogP contribution in [0.15, 0.2) is 42.9 Å². The van der Waals surface area contributed by atoms with Crippen LogP contribution in [0.25, 0.3) is 0 Å². The summed E-state index contributed by atoms with van der Waals surface area (Å²) in [5, 5.41) is 7.68. The molecule has 0 radical (unpaired) electrons. The number of rotatable bonds is 6. The predicted octanol–water partition coefficient (Wildman–Crippen LogP) is 2.25. The van der Waals surface area contributed by atoms with Crippen LogP contribution in [0.5, 0.6) is 0 Å². The maximum atomic E-state index is 13.1. The lowest BCUT2D eigenvalue weighted by atomic mass is 10.1. The Balaban J connectivity index is 1.47. The summed E-state index contributed by atoms with van der Waals surface area (Å²) < 4.78 is 20.3. The van der Waals surface area contributed by atoms with Gasteiger partial charge in [0.1, 0.15) is 18.2 Å². The molecular weight excluding hydrogens is 283 g/mol. The first-order valence-electron chi connectivity index (χ1n) is 7.43. The third kappa shape index (κ3) is 4.14. The molecule has 1 aromatic heterocycles. The highest BCUT2D eigenvalue weighted by Crippen LogP contribution is 2.09. The Morgan fingerprint density at radius 3 is 3.18 bits per heavy atom. The molecule has 0 saturated carbocycles. The highest BCUT2D eigenvalue weighted by Gasteiger charge is 2.10. The van der Waals surface area contributed by atoms with Crippen LogP contribution in [0.4, 0.5) is 4.39 Å². The summed E-state index contributed by atoms with van der Waals surface area (Å²) in [6.07, 6.45) is 7.78. The minimum absolute atomic E-state index is 0.222. The molecular formula is C16H19FN4O. The monoisotopic (exact) mass is 302 g/mol. The summed E-state index contributed by atoms with van der Waals surface area (Å²) >= 11 is 0. The van der Waals surface area contributed by atoms with Crippen molar-refractivity contribution in [3.8, 4) is 0 Å². The van der Waals surface area contributed by atoms with Gasteiger partial charge in [-0.05, 0) is 36.6 Å². The van der Waals surface area contributed by atoms with Crippen molar-refractivity contribution in [2.45, 2.75) is 32.0 Å². The average Bonchev–Trinajstić information content (AvgIpc) is 2.96. The molecule has 0 aliphatic carbocycles. The van der Waals surface area contributed by atoms with Crippen LogP contribution in [0.1, 0.15) is 24.2 Å². The van der Waals surface area contributed by atoms with Crippen molar-refractivity contribution in [3.63, 3.8) is 0 Å². The van der Waals surface area contributed by atoms with Crippen molar-refractivity contribution in [2.75, 3.05) is 6.54 Å². The van der Waals surface area contributed by atoms with E-state index in [2.05, 4.69) is 15.4 Å². The van der Waals surface area contributed by atoms with Crippen molar-refractivity contribution < 1.29 is 9.13 Å². The Kier molecular flexibility index (Phi) is 4.80. The first-order valence-corrected chi connectivity index (χ1v) is 7.43. The van der Waals surface area contributed by atoms with Crippen molar-refractivity contribution in [1.29, 1.82) is 0 Å². The molecule has 1 aliphatic heterocycles. The largest absolute Gasteiger partial charge is 0.497 e. The topological polar surface area (TPSA) is 52.0 Å². The zero-order chi connectivity index (χ0) is 15.2. The first kappa shape index (κ1) is 14.7. The second-order valence-electron chi connectivity index (χ2n) is 5.33. The normalized spacial score (nSPS) is 17.4. The predicted molar refractivity (Wildman–Crippen MR) is 80.5 cm³/mol. The molecule has 5 nitrogen and oxygen atoms in total. The zero-order valence-electron chi connectivity index (χ0n) is 12.3. The molecule has 0 spiro atoms. The number of nitrogens with zero attached hydrogens (tertiary/aromatic N) is 3. The number of ether oxygens (including phenoxy) is 1.